The fourth-order valence-electron chi connectivity index (χ4n) is 1.59. The number of aromatic nitrogens is 2. The molecule has 1 aromatic carbocycles. The molecule has 0 amide bonds. The third-order valence-corrected chi connectivity index (χ3v) is 2.62. The summed E-state index contributed by atoms with van der Waals surface area (Å²) in [6, 6.07) is 9.71. The van der Waals surface area contributed by atoms with Crippen molar-refractivity contribution in [3.8, 4) is 17.8 Å². The third-order valence-electron chi connectivity index (χ3n) is 2.62. The molecule has 2 aromatic rings. The van der Waals surface area contributed by atoms with E-state index < -0.39 is 11.7 Å². The third kappa shape index (κ3) is 3.28. The Bertz CT molecular complexity index is 739. The Balaban J connectivity index is 2.28. The number of hydrogen-bond donors (Lipinski definition) is 0. The highest BCUT2D eigenvalue weighted by Crippen LogP contribution is 2.29. The van der Waals surface area contributed by atoms with Crippen LogP contribution in [0.25, 0.3) is 11.8 Å². The minimum Gasteiger partial charge on any atom is -0.240 e. The van der Waals surface area contributed by atoms with Gasteiger partial charge in [0.05, 0.1) is 17.4 Å². The summed E-state index contributed by atoms with van der Waals surface area (Å²) in [7, 11) is 0. The highest BCUT2D eigenvalue weighted by molar-refractivity contribution is 5.62. The van der Waals surface area contributed by atoms with Crippen LogP contribution in [-0.4, -0.2) is 9.78 Å². The minimum atomic E-state index is -4.44. The van der Waals surface area contributed by atoms with Crippen LogP contribution >= 0.6 is 0 Å². The Morgan fingerprint density at radius 1 is 1.14 bits per heavy atom. The first-order valence-corrected chi connectivity index (χ1v) is 5.68. The molecule has 0 aliphatic carbocycles. The Morgan fingerprint density at radius 2 is 1.76 bits per heavy atom. The van der Waals surface area contributed by atoms with Gasteiger partial charge < -0.3 is 0 Å². The van der Waals surface area contributed by atoms with Gasteiger partial charge in [0.15, 0.2) is 0 Å². The van der Waals surface area contributed by atoms with Gasteiger partial charge in [-0.3, -0.25) is 0 Å². The Hall–Kier alpha value is -3.06. The molecule has 2 rings (SSSR count). The van der Waals surface area contributed by atoms with Crippen LogP contribution in [-0.2, 0) is 6.18 Å². The molecule has 0 atom stereocenters. The smallest absolute Gasteiger partial charge is 0.240 e. The number of allylic oxidation sites excluding steroid dienone is 1. The molecule has 0 saturated heterocycles. The summed E-state index contributed by atoms with van der Waals surface area (Å²) in [4.78, 5) is 0. The second kappa shape index (κ2) is 5.51. The number of benzene rings is 1. The molecule has 0 aliphatic rings. The minimum absolute atomic E-state index is 0.0544. The number of nitrogens with zero attached hydrogens (tertiary/aromatic N) is 4. The molecule has 21 heavy (non-hydrogen) atoms. The summed E-state index contributed by atoms with van der Waals surface area (Å²) >= 11 is 0. The van der Waals surface area contributed by atoms with Crippen molar-refractivity contribution in [3.63, 3.8) is 0 Å². The van der Waals surface area contributed by atoms with E-state index in [2.05, 4.69) is 5.10 Å². The van der Waals surface area contributed by atoms with Crippen molar-refractivity contribution >= 4 is 6.08 Å². The van der Waals surface area contributed by atoms with Crippen molar-refractivity contribution in [2.45, 2.75) is 6.18 Å². The van der Waals surface area contributed by atoms with Crippen molar-refractivity contribution in [2.75, 3.05) is 0 Å². The van der Waals surface area contributed by atoms with Gasteiger partial charge in [-0.1, -0.05) is 12.1 Å². The van der Waals surface area contributed by atoms with Crippen LogP contribution in [0.15, 0.2) is 42.2 Å². The SMILES string of the molecule is N#CC(C#N)=Cc1ccc(-n2cc(C(F)(F)F)cn2)cc1. The second-order valence-electron chi connectivity index (χ2n) is 4.04. The zero-order valence-corrected chi connectivity index (χ0v) is 10.5. The zero-order valence-electron chi connectivity index (χ0n) is 10.5. The van der Waals surface area contributed by atoms with Gasteiger partial charge in [-0.15, -0.1) is 0 Å². The number of alkyl halides is 3. The summed E-state index contributed by atoms with van der Waals surface area (Å²) in [5.74, 6) is 0. The zero-order chi connectivity index (χ0) is 15.5. The second-order valence-corrected chi connectivity index (χ2v) is 4.04. The molecule has 0 N–H and O–H groups in total. The van der Waals surface area contributed by atoms with E-state index in [0.717, 1.165) is 17.1 Å². The average molecular weight is 288 g/mol. The van der Waals surface area contributed by atoms with Crippen molar-refractivity contribution in [1.82, 2.24) is 9.78 Å². The van der Waals surface area contributed by atoms with Crippen LogP contribution < -0.4 is 0 Å². The highest BCUT2D eigenvalue weighted by atomic mass is 19.4. The van der Waals surface area contributed by atoms with Gasteiger partial charge in [0, 0.05) is 6.20 Å². The molecular formula is C14H7F3N4. The van der Waals surface area contributed by atoms with Gasteiger partial charge in [0.1, 0.15) is 17.7 Å². The first kappa shape index (κ1) is 14.4. The van der Waals surface area contributed by atoms with Crippen LogP contribution in [0, 0.1) is 22.7 Å². The van der Waals surface area contributed by atoms with E-state index in [1.807, 2.05) is 0 Å². The van der Waals surface area contributed by atoms with Crippen LogP contribution in [0.5, 0.6) is 0 Å². The van der Waals surface area contributed by atoms with Gasteiger partial charge in [-0.2, -0.15) is 28.8 Å². The predicted octanol–water partition coefficient (Wildman–Crippen LogP) is 3.32. The van der Waals surface area contributed by atoms with Crippen LogP contribution in [0.4, 0.5) is 13.2 Å². The van der Waals surface area contributed by atoms with Crippen LogP contribution in [0.1, 0.15) is 11.1 Å². The van der Waals surface area contributed by atoms with Crippen molar-refractivity contribution < 1.29 is 13.2 Å². The predicted molar refractivity (Wildman–Crippen MR) is 67.8 cm³/mol. The molecule has 7 heteroatoms. The largest absolute Gasteiger partial charge is 0.419 e. The van der Waals surface area contributed by atoms with Crippen molar-refractivity contribution in [3.05, 3.63) is 53.4 Å². The molecule has 4 nitrogen and oxygen atoms in total. The molecule has 104 valence electrons. The lowest BCUT2D eigenvalue weighted by molar-refractivity contribution is -0.137. The molecule has 0 aliphatic heterocycles. The maximum absolute atomic E-state index is 12.5. The molecule has 0 fully saturated rings. The standard InChI is InChI=1S/C14H7F3N4/c15-14(16,17)12-8-20-21(9-12)13-3-1-10(2-4-13)5-11(6-18)7-19/h1-5,8-9H. The Morgan fingerprint density at radius 3 is 2.24 bits per heavy atom. The van der Waals surface area contributed by atoms with E-state index in [-0.39, 0.29) is 5.57 Å². The summed E-state index contributed by atoms with van der Waals surface area (Å²) in [6.07, 6.45) is -1.42. The Kier molecular flexibility index (Phi) is 3.77. The van der Waals surface area contributed by atoms with Crippen LogP contribution in [0.2, 0.25) is 0 Å². The van der Waals surface area contributed by atoms with Gasteiger partial charge in [-0.25, -0.2) is 4.68 Å². The normalized spacial score (nSPS) is 10.5. The lowest BCUT2D eigenvalue weighted by atomic mass is 10.1. The molecule has 0 radical (unpaired) electrons. The van der Waals surface area contributed by atoms with E-state index in [1.54, 1.807) is 36.4 Å². The van der Waals surface area contributed by atoms with E-state index in [1.165, 1.54) is 6.08 Å². The number of nitriles is 2. The van der Waals surface area contributed by atoms with Crippen LogP contribution in [0.3, 0.4) is 0 Å². The number of rotatable bonds is 2. The molecule has 1 aromatic heterocycles. The quantitative estimate of drug-likeness (QED) is 0.796. The van der Waals surface area contributed by atoms with E-state index >= 15 is 0 Å². The maximum atomic E-state index is 12.5. The topological polar surface area (TPSA) is 65.4 Å². The maximum Gasteiger partial charge on any atom is 0.419 e. The molecule has 0 unspecified atom stereocenters. The molecule has 0 saturated carbocycles. The van der Waals surface area contributed by atoms with E-state index in [9.17, 15) is 13.2 Å². The first-order chi connectivity index (χ1) is 9.94. The van der Waals surface area contributed by atoms with Gasteiger partial charge >= 0.3 is 6.18 Å². The summed E-state index contributed by atoms with van der Waals surface area (Å²) in [5.41, 5.74) is 0.155. The number of halogens is 3. The lowest BCUT2D eigenvalue weighted by Crippen LogP contribution is -2.02. The fourth-order valence-corrected chi connectivity index (χ4v) is 1.59. The monoisotopic (exact) mass is 288 g/mol. The average Bonchev–Trinajstić information content (AvgIpc) is 2.95. The Labute approximate surface area is 118 Å². The fraction of sp³-hybridized carbons (Fsp3) is 0.0714. The highest BCUT2D eigenvalue weighted by Gasteiger charge is 2.32. The van der Waals surface area contributed by atoms with E-state index in [0.29, 0.717) is 11.3 Å². The molecular weight excluding hydrogens is 281 g/mol. The molecule has 0 bridgehead atoms. The first-order valence-electron chi connectivity index (χ1n) is 5.68. The van der Waals surface area contributed by atoms with E-state index in [4.69, 9.17) is 10.5 Å². The summed E-state index contributed by atoms with van der Waals surface area (Å²) in [5, 5.41) is 20.9. The molecule has 1 heterocycles. The van der Waals surface area contributed by atoms with Crippen molar-refractivity contribution in [2.24, 2.45) is 0 Å². The van der Waals surface area contributed by atoms with Gasteiger partial charge in [0.2, 0.25) is 0 Å². The van der Waals surface area contributed by atoms with Gasteiger partial charge in [-0.05, 0) is 23.8 Å². The van der Waals surface area contributed by atoms with Gasteiger partial charge in [0.25, 0.3) is 0 Å². The lowest BCUT2D eigenvalue weighted by Gasteiger charge is -2.03. The number of hydrogen-bond acceptors (Lipinski definition) is 3. The molecule has 0 spiro atoms. The summed E-state index contributed by atoms with van der Waals surface area (Å²) in [6.45, 7) is 0. The summed E-state index contributed by atoms with van der Waals surface area (Å²) < 4.78 is 38.5. The van der Waals surface area contributed by atoms with Crippen molar-refractivity contribution in [1.29, 1.82) is 10.5 Å².